The molecule has 3 unspecified atom stereocenters. The summed E-state index contributed by atoms with van der Waals surface area (Å²) < 4.78 is 7.56. The minimum Gasteiger partial charge on any atom is -0.508 e. The van der Waals surface area contributed by atoms with Crippen LogP contribution in [0.2, 0.25) is 0 Å². The fourth-order valence-corrected chi connectivity index (χ4v) is 4.31. The van der Waals surface area contributed by atoms with E-state index < -0.39 is 23.7 Å². The van der Waals surface area contributed by atoms with Gasteiger partial charge in [0.05, 0.1) is 11.5 Å². The number of carbonyl (C=O) groups is 1. The van der Waals surface area contributed by atoms with Gasteiger partial charge in [0.15, 0.2) is 5.88 Å². The Labute approximate surface area is 194 Å². The van der Waals surface area contributed by atoms with Gasteiger partial charge in [-0.2, -0.15) is 0 Å². The molecule has 0 saturated carbocycles. The minimum absolute atomic E-state index is 0.0929. The first kappa shape index (κ1) is 24.7. The maximum absolute atomic E-state index is 11.4. The summed E-state index contributed by atoms with van der Waals surface area (Å²) in [5.74, 6) is -1.04. The van der Waals surface area contributed by atoms with E-state index in [1.807, 2.05) is 6.92 Å². The first-order chi connectivity index (χ1) is 15.4. The van der Waals surface area contributed by atoms with Crippen molar-refractivity contribution in [2.24, 2.45) is 0 Å². The lowest BCUT2D eigenvalue weighted by molar-refractivity contribution is -0.140. The van der Waals surface area contributed by atoms with Crippen LogP contribution in [0.25, 0.3) is 10.8 Å². The standard InChI is InChI=1S/C26H35NO6/c1-15(2)8-6-9-16(3)10-7-11-26(5)22(29)13-19-21(28)12-18-20(23(19)33-26)14-27(24(18)30)17(4)25(31)32/h8,10,12,14,17,22,28-30H,6-7,9,11,13H2,1-5H3,(H,31,32). The molecule has 2 heterocycles. The van der Waals surface area contributed by atoms with Gasteiger partial charge in [0.2, 0.25) is 0 Å². The average Bonchev–Trinajstić information content (AvgIpc) is 3.05. The molecule has 1 aromatic heterocycles. The van der Waals surface area contributed by atoms with Gasteiger partial charge >= 0.3 is 5.97 Å². The molecule has 0 spiro atoms. The Balaban J connectivity index is 1.88. The number of benzene rings is 1. The van der Waals surface area contributed by atoms with Gasteiger partial charge in [-0.05, 0) is 66.4 Å². The largest absolute Gasteiger partial charge is 0.508 e. The van der Waals surface area contributed by atoms with Crippen LogP contribution >= 0.6 is 0 Å². The predicted octanol–water partition coefficient (Wildman–Crippen LogP) is 5.23. The van der Waals surface area contributed by atoms with E-state index in [2.05, 4.69) is 32.9 Å². The third-order valence-corrected chi connectivity index (χ3v) is 6.59. The molecule has 1 aliphatic heterocycles. The molecule has 0 fully saturated rings. The topological polar surface area (TPSA) is 112 Å². The number of carboxylic acids is 1. The van der Waals surface area contributed by atoms with Crippen LogP contribution in [0.5, 0.6) is 17.4 Å². The number of nitrogens with zero attached hydrogens (tertiary/aromatic N) is 1. The van der Waals surface area contributed by atoms with Crippen molar-refractivity contribution in [2.45, 2.75) is 84.5 Å². The van der Waals surface area contributed by atoms with Crippen molar-refractivity contribution in [3.63, 3.8) is 0 Å². The molecule has 0 amide bonds. The van der Waals surface area contributed by atoms with E-state index in [1.54, 1.807) is 0 Å². The van der Waals surface area contributed by atoms with Crippen molar-refractivity contribution in [1.29, 1.82) is 0 Å². The zero-order valence-electron chi connectivity index (χ0n) is 20.1. The highest BCUT2D eigenvalue weighted by molar-refractivity contribution is 5.96. The molecule has 7 heteroatoms. The van der Waals surface area contributed by atoms with E-state index in [9.17, 15) is 25.2 Å². The van der Waals surface area contributed by atoms with Gasteiger partial charge in [-0.25, -0.2) is 4.79 Å². The van der Waals surface area contributed by atoms with Gasteiger partial charge in [0, 0.05) is 23.6 Å². The number of phenols is 1. The molecule has 7 nitrogen and oxygen atoms in total. The second-order valence-corrected chi connectivity index (χ2v) is 9.58. The molecular weight excluding hydrogens is 422 g/mol. The maximum Gasteiger partial charge on any atom is 0.326 e. The normalized spacial score (nSPS) is 21.4. The lowest BCUT2D eigenvalue weighted by atomic mass is 9.84. The number of hydrogen-bond acceptors (Lipinski definition) is 5. The van der Waals surface area contributed by atoms with E-state index in [0.717, 1.165) is 19.3 Å². The summed E-state index contributed by atoms with van der Waals surface area (Å²) in [6, 6.07) is 0.404. The van der Waals surface area contributed by atoms with Gasteiger partial charge in [-0.1, -0.05) is 23.3 Å². The van der Waals surface area contributed by atoms with E-state index in [1.165, 1.54) is 34.9 Å². The first-order valence-corrected chi connectivity index (χ1v) is 11.4. The molecular formula is C26H35NO6. The molecule has 0 saturated heterocycles. The highest BCUT2D eigenvalue weighted by Crippen LogP contribution is 2.47. The lowest BCUT2D eigenvalue weighted by Crippen LogP contribution is -2.48. The summed E-state index contributed by atoms with van der Waals surface area (Å²) in [4.78, 5) is 11.4. The van der Waals surface area contributed by atoms with Gasteiger partial charge in [-0.3, -0.25) is 0 Å². The smallest absolute Gasteiger partial charge is 0.326 e. The number of rotatable bonds is 8. The van der Waals surface area contributed by atoms with Gasteiger partial charge in [0.1, 0.15) is 23.1 Å². The van der Waals surface area contributed by atoms with E-state index in [0.29, 0.717) is 28.5 Å². The number of allylic oxidation sites excluding steroid dienone is 4. The van der Waals surface area contributed by atoms with Crippen LogP contribution in [0.3, 0.4) is 0 Å². The Morgan fingerprint density at radius 2 is 1.94 bits per heavy atom. The number of aliphatic hydroxyl groups is 1. The molecule has 0 aliphatic carbocycles. The van der Waals surface area contributed by atoms with Crippen LogP contribution in [0.4, 0.5) is 0 Å². The monoisotopic (exact) mass is 457 g/mol. The average molecular weight is 458 g/mol. The molecule has 2 aromatic rings. The zero-order chi connectivity index (χ0) is 24.5. The number of carboxylic acid groups (broad SMARTS) is 1. The first-order valence-electron chi connectivity index (χ1n) is 11.4. The van der Waals surface area contributed by atoms with Gasteiger partial charge < -0.3 is 29.7 Å². The quantitative estimate of drug-likeness (QED) is 0.404. The Hall–Kier alpha value is -2.93. The van der Waals surface area contributed by atoms with Crippen molar-refractivity contribution in [2.75, 3.05) is 0 Å². The van der Waals surface area contributed by atoms with E-state index in [4.69, 9.17) is 4.74 Å². The Bertz CT molecular complexity index is 1110. The van der Waals surface area contributed by atoms with Crippen molar-refractivity contribution in [3.05, 3.63) is 41.1 Å². The fourth-order valence-electron chi connectivity index (χ4n) is 4.31. The Morgan fingerprint density at radius 3 is 2.58 bits per heavy atom. The minimum atomic E-state index is -1.09. The number of aliphatic hydroxyl groups excluding tert-OH is 1. The Kier molecular flexibility index (Phi) is 7.12. The molecule has 3 rings (SSSR count). The summed E-state index contributed by atoms with van der Waals surface area (Å²) in [7, 11) is 0. The summed E-state index contributed by atoms with van der Waals surface area (Å²) in [5.41, 5.74) is 2.16. The lowest BCUT2D eigenvalue weighted by Gasteiger charge is -2.40. The van der Waals surface area contributed by atoms with Crippen molar-refractivity contribution < 1.29 is 30.0 Å². The summed E-state index contributed by atoms with van der Waals surface area (Å²) in [6.45, 7) is 9.59. The van der Waals surface area contributed by atoms with E-state index >= 15 is 0 Å². The molecule has 1 aliphatic rings. The summed E-state index contributed by atoms with van der Waals surface area (Å²) in [6.07, 6.45) is 8.60. The maximum atomic E-state index is 11.4. The molecule has 180 valence electrons. The third-order valence-electron chi connectivity index (χ3n) is 6.59. The second-order valence-electron chi connectivity index (χ2n) is 9.58. The van der Waals surface area contributed by atoms with Crippen LogP contribution in [0, 0.1) is 0 Å². The highest BCUT2D eigenvalue weighted by Gasteiger charge is 2.41. The van der Waals surface area contributed by atoms with Crippen molar-refractivity contribution >= 4 is 16.7 Å². The molecule has 0 radical (unpaired) electrons. The number of aromatic nitrogens is 1. The van der Waals surface area contributed by atoms with Crippen LogP contribution in [-0.4, -0.2) is 42.7 Å². The summed E-state index contributed by atoms with van der Waals surface area (Å²) in [5, 5.41) is 42.2. The third kappa shape index (κ3) is 5.03. The molecule has 1 aromatic carbocycles. The number of aliphatic carboxylic acids is 1. The molecule has 0 bridgehead atoms. The number of phenolic OH excluding ortho intramolecular Hbond substituents is 1. The number of hydrogen-bond donors (Lipinski definition) is 4. The van der Waals surface area contributed by atoms with Crippen molar-refractivity contribution in [3.8, 4) is 17.4 Å². The SMILES string of the molecule is CC(C)=CCCC(C)=CCCC1(C)Oc2c(c(O)cc3c(O)n(C(C)C(=O)O)cc23)CC1O. The van der Waals surface area contributed by atoms with Crippen LogP contribution < -0.4 is 4.74 Å². The van der Waals surface area contributed by atoms with Crippen molar-refractivity contribution in [1.82, 2.24) is 4.57 Å². The number of aromatic hydroxyl groups is 2. The predicted molar refractivity (Wildman–Crippen MR) is 128 cm³/mol. The summed E-state index contributed by atoms with van der Waals surface area (Å²) >= 11 is 0. The number of ether oxygens (including phenoxy) is 1. The number of fused-ring (bicyclic) bond motifs is 3. The van der Waals surface area contributed by atoms with Gasteiger partial charge in [-0.15, -0.1) is 0 Å². The highest BCUT2D eigenvalue weighted by atomic mass is 16.5. The molecule has 33 heavy (non-hydrogen) atoms. The van der Waals surface area contributed by atoms with E-state index in [-0.39, 0.29) is 18.1 Å². The van der Waals surface area contributed by atoms with Crippen LogP contribution in [-0.2, 0) is 11.2 Å². The van der Waals surface area contributed by atoms with Crippen LogP contribution in [0.1, 0.15) is 71.9 Å². The zero-order valence-corrected chi connectivity index (χ0v) is 20.1. The molecule has 4 N–H and O–H groups in total. The van der Waals surface area contributed by atoms with Crippen LogP contribution in [0.15, 0.2) is 35.6 Å². The Morgan fingerprint density at radius 1 is 1.24 bits per heavy atom. The second kappa shape index (κ2) is 9.51. The fraction of sp³-hybridized carbons (Fsp3) is 0.500. The molecule has 3 atom stereocenters. The van der Waals surface area contributed by atoms with Gasteiger partial charge in [0.25, 0.3) is 0 Å².